The highest BCUT2D eigenvalue weighted by Crippen LogP contribution is 2.02. The summed E-state index contributed by atoms with van der Waals surface area (Å²) in [6.45, 7) is 14.6. The monoisotopic (exact) mass is 570 g/mol. The number of carbonyl (C=O) groups is 1. The molecule has 0 saturated heterocycles. The van der Waals surface area contributed by atoms with Crippen molar-refractivity contribution in [1.29, 1.82) is 0 Å². The Labute approximate surface area is 235 Å². The van der Waals surface area contributed by atoms with Crippen molar-refractivity contribution in [2.24, 2.45) is 5.92 Å². The lowest BCUT2D eigenvalue weighted by Crippen LogP contribution is -2.15. The normalized spacial score (nSPS) is 12.3. The van der Waals surface area contributed by atoms with E-state index in [0.717, 1.165) is 6.42 Å². The van der Waals surface area contributed by atoms with E-state index in [9.17, 15) is 4.79 Å². The Kier molecular flexibility index (Phi) is 32.8. The molecule has 0 aromatic rings. The third-order valence-electron chi connectivity index (χ3n) is 5.17. The Morgan fingerprint density at radius 2 is 0.615 bits per heavy atom. The highest BCUT2D eigenvalue weighted by atomic mass is 16.6. The molecule has 12 nitrogen and oxygen atoms in total. The molecule has 0 bridgehead atoms. The van der Waals surface area contributed by atoms with Crippen LogP contribution < -0.4 is 0 Å². The maximum Gasteiger partial charge on any atom is 0.132 e. The Morgan fingerprint density at radius 1 is 0.410 bits per heavy atom. The average Bonchev–Trinajstić information content (AvgIpc) is 2.93. The molecule has 234 valence electrons. The van der Waals surface area contributed by atoms with Crippen LogP contribution in [0.4, 0.5) is 0 Å². The van der Waals surface area contributed by atoms with Gasteiger partial charge in [-0.1, -0.05) is 6.92 Å². The Bertz CT molecular complexity index is 484. The predicted molar refractivity (Wildman–Crippen MR) is 145 cm³/mol. The van der Waals surface area contributed by atoms with Gasteiger partial charge in [0.2, 0.25) is 0 Å². The van der Waals surface area contributed by atoms with Gasteiger partial charge < -0.3 is 52.1 Å². The van der Waals surface area contributed by atoms with E-state index >= 15 is 0 Å². The number of hydrogen-bond acceptors (Lipinski definition) is 12. The fraction of sp³-hybridized carbons (Fsp3) is 0.963. The van der Waals surface area contributed by atoms with E-state index in [1.165, 1.54) is 0 Å². The molecular formula is C27H54O12. The first kappa shape index (κ1) is 38.2. The number of ketones is 1. The second-order valence-electron chi connectivity index (χ2n) is 8.42. The van der Waals surface area contributed by atoms with Crippen molar-refractivity contribution in [1.82, 2.24) is 0 Å². The Balaban J connectivity index is 3.05. The van der Waals surface area contributed by atoms with Crippen LogP contribution in [-0.4, -0.2) is 152 Å². The molecule has 0 aliphatic rings. The summed E-state index contributed by atoms with van der Waals surface area (Å²) >= 11 is 0. The van der Waals surface area contributed by atoms with E-state index in [1.54, 1.807) is 14.0 Å². The minimum atomic E-state index is 0.0517. The molecule has 0 amide bonds. The maximum absolute atomic E-state index is 11.1. The first-order valence-electron chi connectivity index (χ1n) is 13.9. The van der Waals surface area contributed by atoms with Crippen molar-refractivity contribution in [3.8, 4) is 0 Å². The molecule has 0 aliphatic heterocycles. The predicted octanol–water partition coefficient (Wildman–Crippen LogP) is 1.41. The van der Waals surface area contributed by atoms with E-state index in [-0.39, 0.29) is 11.7 Å². The van der Waals surface area contributed by atoms with Crippen LogP contribution in [0.25, 0.3) is 0 Å². The lowest BCUT2D eigenvalue weighted by molar-refractivity contribution is -0.120. The van der Waals surface area contributed by atoms with Crippen molar-refractivity contribution >= 4 is 5.78 Å². The van der Waals surface area contributed by atoms with Crippen molar-refractivity contribution < 1.29 is 56.9 Å². The summed E-state index contributed by atoms with van der Waals surface area (Å²) < 4.78 is 59.1. The number of hydrogen-bond donors (Lipinski definition) is 0. The number of ether oxygens (including phenoxy) is 11. The van der Waals surface area contributed by atoms with Gasteiger partial charge in [-0.2, -0.15) is 0 Å². The summed E-state index contributed by atoms with van der Waals surface area (Å²) in [5, 5.41) is 0. The van der Waals surface area contributed by atoms with Gasteiger partial charge >= 0.3 is 0 Å². The fourth-order valence-corrected chi connectivity index (χ4v) is 2.69. The van der Waals surface area contributed by atoms with E-state index in [1.807, 2.05) is 6.92 Å². The zero-order valence-electron chi connectivity index (χ0n) is 24.5. The average molecular weight is 571 g/mol. The van der Waals surface area contributed by atoms with E-state index in [4.69, 9.17) is 52.1 Å². The topological polar surface area (TPSA) is 119 Å². The molecule has 12 heteroatoms. The lowest BCUT2D eigenvalue weighted by Gasteiger charge is -2.09. The van der Waals surface area contributed by atoms with Gasteiger partial charge in [0.1, 0.15) is 5.78 Å². The van der Waals surface area contributed by atoms with Crippen LogP contribution in [0.1, 0.15) is 20.3 Å². The molecule has 0 radical (unpaired) electrons. The minimum Gasteiger partial charge on any atom is -0.382 e. The highest BCUT2D eigenvalue weighted by molar-refractivity contribution is 5.77. The van der Waals surface area contributed by atoms with Crippen LogP contribution in [0.5, 0.6) is 0 Å². The molecule has 1 atom stereocenters. The quantitative estimate of drug-likeness (QED) is 0.104. The van der Waals surface area contributed by atoms with Gasteiger partial charge in [-0.3, -0.25) is 4.79 Å². The standard InChI is InChI=1S/C27H54O12/c1-26(27(2)28)4-5-30-8-9-32-12-13-34-16-17-36-20-21-38-24-25-39-23-22-37-19-18-35-15-14-33-11-10-31-7-6-29-3/h26H,4-25H2,1-3H3. The van der Waals surface area contributed by atoms with E-state index < -0.39 is 0 Å². The van der Waals surface area contributed by atoms with Crippen LogP contribution in [0.15, 0.2) is 0 Å². The zero-order valence-corrected chi connectivity index (χ0v) is 24.5. The van der Waals surface area contributed by atoms with Gasteiger partial charge in [-0.25, -0.2) is 0 Å². The van der Waals surface area contributed by atoms with Crippen LogP contribution in [0, 0.1) is 5.92 Å². The fourth-order valence-electron chi connectivity index (χ4n) is 2.69. The first-order valence-corrected chi connectivity index (χ1v) is 13.9. The largest absolute Gasteiger partial charge is 0.382 e. The summed E-state index contributed by atoms with van der Waals surface area (Å²) in [4.78, 5) is 11.1. The number of rotatable bonds is 34. The SMILES string of the molecule is COCCOCCOCCOCCOCCOCCOCCOCCOCCOCCOCCC(C)C(C)=O. The van der Waals surface area contributed by atoms with Crippen molar-refractivity contribution in [2.45, 2.75) is 20.3 Å². The molecule has 0 aliphatic carbocycles. The van der Waals surface area contributed by atoms with Gasteiger partial charge in [-0.05, 0) is 13.3 Å². The number of Topliss-reactive ketones (excluding diaryl/α,β-unsaturated/α-hetero) is 1. The summed E-state index contributed by atoms with van der Waals surface area (Å²) in [5.41, 5.74) is 0. The Morgan fingerprint density at radius 3 is 0.821 bits per heavy atom. The van der Waals surface area contributed by atoms with Crippen molar-refractivity contribution in [3.63, 3.8) is 0 Å². The maximum atomic E-state index is 11.1. The third-order valence-corrected chi connectivity index (χ3v) is 5.17. The van der Waals surface area contributed by atoms with Crippen LogP contribution in [-0.2, 0) is 56.9 Å². The second-order valence-corrected chi connectivity index (χ2v) is 8.42. The van der Waals surface area contributed by atoms with Crippen LogP contribution in [0.2, 0.25) is 0 Å². The number of carbonyl (C=O) groups excluding carboxylic acids is 1. The smallest absolute Gasteiger partial charge is 0.132 e. The van der Waals surface area contributed by atoms with Gasteiger partial charge in [0, 0.05) is 19.6 Å². The second kappa shape index (κ2) is 33.4. The number of methoxy groups -OCH3 is 1. The summed E-state index contributed by atoms with van der Waals surface area (Å²) in [6.07, 6.45) is 0.746. The van der Waals surface area contributed by atoms with Crippen molar-refractivity contribution in [2.75, 3.05) is 146 Å². The van der Waals surface area contributed by atoms with Gasteiger partial charge in [0.15, 0.2) is 0 Å². The van der Waals surface area contributed by atoms with Gasteiger partial charge in [-0.15, -0.1) is 0 Å². The van der Waals surface area contributed by atoms with Crippen molar-refractivity contribution in [3.05, 3.63) is 0 Å². The molecule has 0 fully saturated rings. The minimum absolute atomic E-state index is 0.0517. The van der Waals surface area contributed by atoms with Gasteiger partial charge in [0.05, 0.1) is 132 Å². The highest BCUT2D eigenvalue weighted by Gasteiger charge is 2.06. The van der Waals surface area contributed by atoms with E-state index in [0.29, 0.717) is 139 Å². The zero-order chi connectivity index (χ0) is 28.5. The molecule has 0 aromatic heterocycles. The third kappa shape index (κ3) is 33.3. The van der Waals surface area contributed by atoms with E-state index in [2.05, 4.69) is 0 Å². The Hall–Kier alpha value is -0.770. The molecule has 0 aromatic carbocycles. The molecule has 0 spiro atoms. The molecular weight excluding hydrogens is 516 g/mol. The summed E-state index contributed by atoms with van der Waals surface area (Å²) in [6, 6.07) is 0. The summed E-state index contributed by atoms with van der Waals surface area (Å²) in [7, 11) is 1.64. The van der Waals surface area contributed by atoms with Gasteiger partial charge in [0.25, 0.3) is 0 Å². The molecule has 39 heavy (non-hydrogen) atoms. The first-order chi connectivity index (χ1) is 19.2. The van der Waals surface area contributed by atoms with Crippen LogP contribution >= 0.6 is 0 Å². The molecule has 0 saturated carbocycles. The molecule has 1 unspecified atom stereocenters. The summed E-state index contributed by atoms with van der Waals surface area (Å²) in [5.74, 6) is 0.246. The molecule has 0 heterocycles. The molecule has 0 rings (SSSR count). The lowest BCUT2D eigenvalue weighted by atomic mass is 10.1. The molecule has 0 N–H and O–H groups in total. The van der Waals surface area contributed by atoms with Crippen LogP contribution in [0.3, 0.4) is 0 Å².